The minimum Gasteiger partial charge on any atom is -0.381 e. The second-order valence-corrected chi connectivity index (χ2v) is 15.2. The molecule has 0 aromatic carbocycles. The van der Waals surface area contributed by atoms with Crippen LogP contribution in [0, 0.1) is 0 Å². The van der Waals surface area contributed by atoms with Crippen molar-refractivity contribution in [1.82, 2.24) is 0 Å². The molecule has 0 aromatic heterocycles. The number of rotatable bonds is 8. The Morgan fingerprint density at radius 1 is 0.750 bits per heavy atom. The van der Waals surface area contributed by atoms with Crippen LogP contribution < -0.4 is 0 Å². The van der Waals surface area contributed by atoms with Crippen LogP contribution in [0.15, 0.2) is 0 Å². The van der Waals surface area contributed by atoms with E-state index in [1.54, 1.807) is 40.9 Å². The average molecular weight is 500 g/mol. The van der Waals surface area contributed by atoms with E-state index in [4.69, 9.17) is 37.5 Å². The molecule has 0 spiro atoms. The van der Waals surface area contributed by atoms with Gasteiger partial charge in [0, 0.05) is 40.9 Å². The molecule has 4 rings (SSSR count). The monoisotopic (exact) mass is 500 g/mol. The zero-order valence-corrected chi connectivity index (χ0v) is 22.1. The van der Waals surface area contributed by atoms with Gasteiger partial charge in [-0.3, -0.25) is 9.13 Å². The Labute approximate surface area is 190 Å². The van der Waals surface area contributed by atoms with Gasteiger partial charge in [0.2, 0.25) is 0 Å². The van der Waals surface area contributed by atoms with E-state index in [1.807, 2.05) is 13.8 Å². The molecule has 0 amide bonds. The van der Waals surface area contributed by atoms with Gasteiger partial charge in [-0.1, -0.05) is 0 Å². The van der Waals surface area contributed by atoms with Gasteiger partial charge in [0.1, 0.15) is 35.6 Å². The van der Waals surface area contributed by atoms with Gasteiger partial charge < -0.3 is 37.5 Å². The lowest BCUT2D eigenvalue weighted by Crippen LogP contribution is -2.45. The van der Waals surface area contributed by atoms with Crippen LogP contribution in [-0.4, -0.2) is 115 Å². The van der Waals surface area contributed by atoms with E-state index < -0.39 is 25.9 Å². The van der Waals surface area contributed by atoms with Crippen molar-refractivity contribution in [3.8, 4) is 0 Å². The van der Waals surface area contributed by atoms with Crippen molar-refractivity contribution in [1.29, 1.82) is 0 Å². The lowest BCUT2D eigenvalue weighted by atomic mass is 10.00. The minimum atomic E-state index is -2.56. The SMILES string of the molecule is COC[C@@]12COC([C@H](C)O1)[C@@H]2OP(C)(C)=O.COC[C@]12CO[C@@H](C1OP(C)(C)=O)[C@H](C)O2. The maximum absolute atomic E-state index is 11.8. The summed E-state index contributed by atoms with van der Waals surface area (Å²) in [5.41, 5.74) is -1.17. The molecule has 4 fully saturated rings. The summed E-state index contributed by atoms with van der Waals surface area (Å²) >= 11 is 0. The number of fused-ring (bicyclic) bond motifs is 4. The first-order valence-electron chi connectivity index (χ1n) is 10.8. The third kappa shape index (κ3) is 5.51. The lowest BCUT2D eigenvalue weighted by Gasteiger charge is -2.30. The van der Waals surface area contributed by atoms with Gasteiger partial charge in [-0.2, -0.15) is 0 Å². The highest BCUT2D eigenvalue weighted by Crippen LogP contribution is 2.51. The van der Waals surface area contributed by atoms with Crippen LogP contribution in [0.25, 0.3) is 0 Å². The molecule has 10 nitrogen and oxygen atoms in total. The van der Waals surface area contributed by atoms with Gasteiger partial charge in [0.25, 0.3) is 0 Å². The largest absolute Gasteiger partial charge is 0.381 e. The van der Waals surface area contributed by atoms with E-state index in [1.165, 1.54) is 0 Å². The molecular weight excluding hydrogens is 462 g/mol. The Kier molecular flexibility index (Phi) is 8.06. The molecule has 4 aliphatic rings. The quantitative estimate of drug-likeness (QED) is 0.461. The van der Waals surface area contributed by atoms with Crippen LogP contribution in [-0.2, 0) is 46.6 Å². The number of methoxy groups -OCH3 is 2. The summed E-state index contributed by atoms with van der Waals surface area (Å²) in [6.45, 7) is 12.0. The molecule has 0 aliphatic carbocycles. The first-order chi connectivity index (χ1) is 14.8. The standard InChI is InChI=1S/2C10H19O5P/c2*1-7-8-9(15-16(3,4)11)10(14-7,5-12-2)6-13-8/h2*7-9H,5-6H2,1-4H3/t7-,8?,9-,10-;7-,8+,9?,10-/m00/s1. The fourth-order valence-electron chi connectivity index (χ4n) is 4.92. The molecule has 0 radical (unpaired) electrons. The lowest BCUT2D eigenvalue weighted by molar-refractivity contribution is -0.158. The zero-order valence-electron chi connectivity index (χ0n) is 20.3. The fourth-order valence-corrected chi connectivity index (χ4v) is 6.63. The number of ether oxygens (including phenoxy) is 6. The molecule has 8 atom stereocenters. The first-order valence-corrected chi connectivity index (χ1v) is 15.8. The van der Waals surface area contributed by atoms with Gasteiger partial charge >= 0.3 is 0 Å². The minimum absolute atomic E-state index is 0.0413. The van der Waals surface area contributed by atoms with Crippen LogP contribution in [0.1, 0.15) is 13.8 Å². The second-order valence-electron chi connectivity index (χ2n) is 9.75. The normalized spacial score (nSPS) is 42.9. The van der Waals surface area contributed by atoms with E-state index >= 15 is 0 Å². The van der Waals surface area contributed by atoms with Crippen molar-refractivity contribution < 1.29 is 46.6 Å². The summed E-state index contributed by atoms with van der Waals surface area (Å²) in [4.78, 5) is 0. The number of hydrogen-bond acceptors (Lipinski definition) is 10. The van der Waals surface area contributed by atoms with E-state index in [-0.39, 0.29) is 36.6 Å². The molecule has 0 N–H and O–H groups in total. The molecule has 4 bridgehead atoms. The van der Waals surface area contributed by atoms with Crippen molar-refractivity contribution in [2.75, 3.05) is 67.3 Å². The van der Waals surface area contributed by atoms with Crippen molar-refractivity contribution >= 4 is 14.7 Å². The molecule has 32 heavy (non-hydrogen) atoms. The molecule has 4 aliphatic heterocycles. The van der Waals surface area contributed by atoms with Crippen LogP contribution >= 0.6 is 14.7 Å². The van der Waals surface area contributed by atoms with Crippen molar-refractivity contribution in [2.45, 2.75) is 61.7 Å². The summed E-state index contributed by atoms with van der Waals surface area (Å²) in [7, 11) is -1.89. The van der Waals surface area contributed by atoms with Crippen molar-refractivity contribution in [2.24, 2.45) is 0 Å². The van der Waals surface area contributed by atoms with Crippen molar-refractivity contribution in [3.05, 3.63) is 0 Å². The molecule has 0 saturated carbocycles. The predicted molar refractivity (Wildman–Crippen MR) is 118 cm³/mol. The molecule has 4 heterocycles. The molecule has 12 heteroatoms. The van der Waals surface area contributed by atoms with Gasteiger partial charge in [-0.15, -0.1) is 0 Å². The Bertz CT molecular complexity index is 691. The Morgan fingerprint density at radius 2 is 1.09 bits per heavy atom. The Hall–Kier alpha value is 0.140. The second kappa shape index (κ2) is 9.65. The maximum Gasteiger partial charge on any atom is 0.197 e. The Morgan fingerprint density at radius 3 is 1.34 bits per heavy atom. The third-order valence-electron chi connectivity index (χ3n) is 5.95. The zero-order chi connectivity index (χ0) is 23.9. The molecule has 188 valence electrons. The molecule has 0 aromatic rings. The molecule has 2 unspecified atom stereocenters. The maximum atomic E-state index is 11.8. The van der Waals surface area contributed by atoms with Gasteiger partial charge in [0.05, 0.1) is 38.6 Å². The van der Waals surface area contributed by atoms with Crippen LogP contribution in [0.5, 0.6) is 0 Å². The third-order valence-corrected chi connectivity index (χ3v) is 7.42. The average Bonchev–Trinajstić information content (AvgIpc) is 3.28. The Balaban J connectivity index is 0.000000181. The van der Waals surface area contributed by atoms with E-state index in [0.717, 1.165) is 0 Å². The van der Waals surface area contributed by atoms with E-state index in [2.05, 4.69) is 0 Å². The molecular formula is C20H38O10P2. The predicted octanol–water partition coefficient (Wildman–Crippen LogP) is 2.22. The van der Waals surface area contributed by atoms with Crippen molar-refractivity contribution in [3.63, 3.8) is 0 Å². The van der Waals surface area contributed by atoms with E-state index in [9.17, 15) is 9.13 Å². The fraction of sp³-hybridized carbons (Fsp3) is 1.00. The van der Waals surface area contributed by atoms with Gasteiger partial charge in [-0.25, -0.2) is 0 Å². The summed E-state index contributed by atoms with van der Waals surface area (Å²) in [6.07, 6.45) is -0.931. The van der Waals surface area contributed by atoms with E-state index in [0.29, 0.717) is 26.4 Å². The van der Waals surface area contributed by atoms with Gasteiger partial charge in [-0.05, 0) is 13.8 Å². The highest BCUT2D eigenvalue weighted by molar-refractivity contribution is 7.57. The summed E-state index contributed by atoms with van der Waals surface area (Å²) in [6, 6.07) is 0. The first kappa shape index (κ1) is 26.7. The highest BCUT2D eigenvalue weighted by Gasteiger charge is 2.63. The highest BCUT2D eigenvalue weighted by atomic mass is 31.2. The smallest absolute Gasteiger partial charge is 0.197 e. The topological polar surface area (TPSA) is 108 Å². The summed E-state index contributed by atoms with van der Waals surface area (Å²) < 4.78 is 68.1. The van der Waals surface area contributed by atoms with Crippen LogP contribution in [0.3, 0.4) is 0 Å². The van der Waals surface area contributed by atoms with Crippen LogP contribution in [0.2, 0.25) is 0 Å². The summed E-state index contributed by atoms with van der Waals surface area (Å²) in [5, 5.41) is 0. The van der Waals surface area contributed by atoms with Crippen LogP contribution in [0.4, 0.5) is 0 Å². The van der Waals surface area contributed by atoms with Gasteiger partial charge in [0.15, 0.2) is 14.7 Å². The molecule has 4 saturated heterocycles. The summed E-state index contributed by atoms with van der Waals surface area (Å²) in [5.74, 6) is 0. The number of hydrogen-bond donors (Lipinski definition) is 0.